The normalized spacial score (nSPS) is 9.86. The quantitative estimate of drug-likeness (QED) is 0.650. The van der Waals surface area contributed by atoms with Crippen LogP contribution in [-0.4, -0.2) is 17.8 Å². The van der Waals surface area contributed by atoms with Gasteiger partial charge in [0.05, 0.1) is 0 Å². The molecule has 1 N–H and O–H groups in total. The Morgan fingerprint density at radius 1 is 1.36 bits per heavy atom. The Bertz CT molecular complexity index is 295. The largest absolute Gasteiger partial charge is 0.352 e. The summed E-state index contributed by atoms with van der Waals surface area (Å²) in [5, 5.41) is 3.77. The lowest BCUT2D eigenvalue weighted by Gasteiger charge is -2.03. The molecular formula is C11H14BrNO. The number of hydrogen-bond acceptors (Lipinski definition) is 1. The van der Waals surface area contributed by atoms with Crippen molar-refractivity contribution in [2.75, 3.05) is 11.9 Å². The van der Waals surface area contributed by atoms with Crippen LogP contribution in [0.4, 0.5) is 0 Å². The maximum absolute atomic E-state index is 11.5. The van der Waals surface area contributed by atoms with E-state index in [-0.39, 0.29) is 5.91 Å². The molecule has 0 bridgehead atoms. The van der Waals surface area contributed by atoms with E-state index in [0.717, 1.165) is 23.9 Å². The Morgan fingerprint density at radius 2 is 2.00 bits per heavy atom. The summed E-state index contributed by atoms with van der Waals surface area (Å²) in [5.74, 6) is 0.00551. The number of rotatable bonds is 4. The minimum absolute atomic E-state index is 0.00551. The van der Waals surface area contributed by atoms with Gasteiger partial charge >= 0.3 is 0 Å². The molecule has 0 aliphatic rings. The summed E-state index contributed by atoms with van der Waals surface area (Å²) >= 11 is 3.31. The molecule has 0 aliphatic heterocycles. The highest BCUT2D eigenvalue weighted by molar-refractivity contribution is 9.09. The fourth-order valence-corrected chi connectivity index (χ4v) is 1.36. The second-order valence-electron chi connectivity index (χ2n) is 3.16. The van der Waals surface area contributed by atoms with Gasteiger partial charge in [0, 0.05) is 17.4 Å². The van der Waals surface area contributed by atoms with Crippen molar-refractivity contribution in [2.24, 2.45) is 0 Å². The molecule has 1 rings (SSSR count). The van der Waals surface area contributed by atoms with Crippen molar-refractivity contribution in [3.8, 4) is 0 Å². The highest BCUT2D eigenvalue weighted by Gasteiger charge is 2.02. The van der Waals surface area contributed by atoms with Crippen LogP contribution in [0, 0.1) is 6.92 Å². The second-order valence-corrected chi connectivity index (χ2v) is 3.96. The fourth-order valence-electron chi connectivity index (χ4n) is 1.08. The Balaban J connectivity index is 2.48. The van der Waals surface area contributed by atoms with Gasteiger partial charge in [0.15, 0.2) is 0 Å². The van der Waals surface area contributed by atoms with Gasteiger partial charge in [-0.2, -0.15) is 0 Å². The van der Waals surface area contributed by atoms with E-state index in [2.05, 4.69) is 21.2 Å². The summed E-state index contributed by atoms with van der Waals surface area (Å²) in [6.07, 6.45) is 0.956. The number of hydrogen-bond donors (Lipinski definition) is 1. The zero-order valence-corrected chi connectivity index (χ0v) is 9.80. The molecule has 0 heterocycles. The molecule has 14 heavy (non-hydrogen) atoms. The Kier molecular flexibility index (Phi) is 4.66. The monoisotopic (exact) mass is 255 g/mol. The van der Waals surface area contributed by atoms with E-state index in [1.807, 2.05) is 31.2 Å². The third-order valence-electron chi connectivity index (χ3n) is 1.91. The van der Waals surface area contributed by atoms with E-state index in [4.69, 9.17) is 0 Å². The first-order valence-electron chi connectivity index (χ1n) is 4.65. The van der Waals surface area contributed by atoms with Crippen molar-refractivity contribution in [1.29, 1.82) is 0 Å². The lowest BCUT2D eigenvalue weighted by Crippen LogP contribution is -2.24. The minimum Gasteiger partial charge on any atom is -0.352 e. The maximum atomic E-state index is 11.5. The van der Waals surface area contributed by atoms with Gasteiger partial charge in [0.1, 0.15) is 0 Å². The van der Waals surface area contributed by atoms with Crippen molar-refractivity contribution in [3.63, 3.8) is 0 Å². The van der Waals surface area contributed by atoms with Gasteiger partial charge in [-0.15, -0.1) is 0 Å². The summed E-state index contributed by atoms with van der Waals surface area (Å²) in [5.41, 5.74) is 1.90. The van der Waals surface area contributed by atoms with Crippen LogP contribution in [-0.2, 0) is 0 Å². The number of carbonyl (C=O) groups is 1. The molecule has 0 saturated heterocycles. The van der Waals surface area contributed by atoms with Crippen molar-refractivity contribution in [3.05, 3.63) is 35.4 Å². The summed E-state index contributed by atoms with van der Waals surface area (Å²) in [6, 6.07) is 7.58. The van der Waals surface area contributed by atoms with Gasteiger partial charge in [-0.05, 0) is 25.5 Å². The lowest BCUT2D eigenvalue weighted by atomic mass is 10.1. The van der Waals surface area contributed by atoms with Crippen LogP contribution in [0.15, 0.2) is 24.3 Å². The number of halogens is 1. The zero-order valence-electron chi connectivity index (χ0n) is 8.22. The zero-order chi connectivity index (χ0) is 10.4. The molecule has 1 amide bonds. The minimum atomic E-state index is 0.00551. The predicted octanol–water partition coefficient (Wildman–Crippen LogP) is 2.51. The highest BCUT2D eigenvalue weighted by atomic mass is 79.9. The average Bonchev–Trinajstić information content (AvgIpc) is 2.19. The smallest absolute Gasteiger partial charge is 0.251 e. The first-order chi connectivity index (χ1) is 6.74. The van der Waals surface area contributed by atoms with Crippen molar-refractivity contribution in [1.82, 2.24) is 5.32 Å². The lowest BCUT2D eigenvalue weighted by molar-refractivity contribution is 0.0954. The molecule has 2 nitrogen and oxygen atoms in total. The third kappa shape index (κ3) is 3.50. The van der Waals surface area contributed by atoms with Crippen LogP contribution < -0.4 is 5.32 Å². The molecule has 0 spiro atoms. The molecule has 0 radical (unpaired) electrons. The standard InChI is InChI=1S/C11H14BrNO/c1-9-3-5-10(6-4-9)11(14)13-8-2-7-12/h3-6H,2,7-8H2,1H3,(H,13,14). The van der Waals surface area contributed by atoms with Crippen LogP contribution in [0.3, 0.4) is 0 Å². The number of carbonyl (C=O) groups excluding carboxylic acids is 1. The number of alkyl halides is 1. The van der Waals surface area contributed by atoms with Gasteiger partial charge in [-0.1, -0.05) is 33.6 Å². The van der Waals surface area contributed by atoms with E-state index in [1.165, 1.54) is 5.56 Å². The SMILES string of the molecule is Cc1ccc(C(=O)NCCCBr)cc1. The van der Waals surface area contributed by atoms with Gasteiger partial charge in [-0.25, -0.2) is 0 Å². The molecule has 76 valence electrons. The van der Waals surface area contributed by atoms with Crippen LogP contribution >= 0.6 is 15.9 Å². The second kappa shape index (κ2) is 5.81. The van der Waals surface area contributed by atoms with Crippen LogP contribution in [0.2, 0.25) is 0 Å². The molecule has 3 heteroatoms. The van der Waals surface area contributed by atoms with E-state index in [9.17, 15) is 4.79 Å². The molecule has 0 atom stereocenters. The summed E-state index contributed by atoms with van der Waals surface area (Å²) in [6.45, 7) is 2.73. The van der Waals surface area contributed by atoms with Gasteiger partial charge < -0.3 is 5.32 Å². The van der Waals surface area contributed by atoms with E-state index < -0.39 is 0 Å². The summed E-state index contributed by atoms with van der Waals surface area (Å²) in [4.78, 5) is 11.5. The van der Waals surface area contributed by atoms with Crippen molar-refractivity contribution in [2.45, 2.75) is 13.3 Å². The van der Waals surface area contributed by atoms with E-state index in [0.29, 0.717) is 0 Å². The van der Waals surface area contributed by atoms with E-state index >= 15 is 0 Å². The topological polar surface area (TPSA) is 29.1 Å². The van der Waals surface area contributed by atoms with Gasteiger partial charge in [0.2, 0.25) is 0 Å². The Hall–Kier alpha value is -0.830. The third-order valence-corrected chi connectivity index (χ3v) is 2.47. The van der Waals surface area contributed by atoms with Gasteiger partial charge in [0.25, 0.3) is 5.91 Å². The van der Waals surface area contributed by atoms with Crippen LogP contribution in [0.1, 0.15) is 22.3 Å². The molecule has 0 aliphatic carbocycles. The Labute approximate surface area is 92.8 Å². The molecule has 0 unspecified atom stereocenters. The summed E-state index contributed by atoms with van der Waals surface area (Å²) in [7, 11) is 0. The number of amides is 1. The number of nitrogens with one attached hydrogen (secondary N) is 1. The van der Waals surface area contributed by atoms with Crippen LogP contribution in [0.25, 0.3) is 0 Å². The average molecular weight is 256 g/mol. The Morgan fingerprint density at radius 3 is 2.57 bits per heavy atom. The molecule has 0 saturated carbocycles. The van der Waals surface area contributed by atoms with Crippen molar-refractivity contribution < 1.29 is 4.79 Å². The molecule has 1 aromatic carbocycles. The molecule has 0 aromatic heterocycles. The molecular weight excluding hydrogens is 242 g/mol. The first-order valence-corrected chi connectivity index (χ1v) is 5.77. The van der Waals surface area contributed by atoms with Crippen LogP contribution in [0.5, 0.6) is 0 Å². The maximum Gasteiger partial charge on any atom is 0.251 e. The molecule has 1 aromatic rings. The van der Waals surface area contributed by atoms with Crippen molar-refractivity contribution >= 4 is 21.8 Å². The number of aryl methyl sites for hydroxylation is 1. The highest BCUT2D eigenvalue weighted by Crippen LogP contribution is 2.02. The first kappa shape index (κ1) is 11.2. The molecule has 0 fully saturated rings. The number of benzene rings is 1. The van der Waals surface area contributed by atoms with Gasteiger partial charge in [-0.3, -0.25) is 4.79 Å². The fraction of sp³-hybridized carbons (Fsp3) is 0.364. The summed E-state index contributed by atoms with van der Waals surface area (Å²) < 4.78 is 0. The van der Waals surface area contributed by atoms with E-state index in [1.54, 1.807) is 0 Å². The predicted molar refractivity (Wildman–Crippen MR) is 61.9 cm³/mol.